The van der Waals surface area contributed by atoms with Gasteiger partial charge in [0.05, 0.1) is 5.69 Å². The molecule has 0 saturated heterocycles. The zero-order valence-corrected chi connectivity index (χ0v) is 10.5. The van der Waals surface area contributed by atoms with Crippen molar-refractivity contribution >= 4 is 33.4 Å². The minimum absolute atomic E-state index is 0.0648. The van der Waals surface area contributed by atoms with Crippen molar-refractivity contribution in [1.82, 2.24) is 0 Å². The highest BCUT2D eigenvalue weighted by molar-refractivity contribution is 9.10. The van der Waals surface area contributed by atoms with Crippen molar-refractivity contribution in [3.8, 4) is 0 Å². The van der Waals surface area contributed by atoms with E-state index in [1.54, 1.807) is 0 Å². The predicted octanol–water partition coefficient (Wildman–Crippen LogP) is 1.96. The van der Waals surface area contributed by atoms with Crippen LogP contribution in [-0.2, 0) is 9.59 Å². The SMILES string of the molecule is Cc1ccc(NC(=O)CCC(N)=O)c(Br)c1. The van der Waals surface area contributed by atoms with Crippen LogP contribution in [0.15, 0.2) is 22.7 Å². The first kappa shape index (κ1) is 12.7. The standard InChI is InChI=1S/C11H13BrN2O2/c1-7-2-3-9(8(12)6-7)14-11(16)5-4-10(13)15/h2-3,6H,4-5H2,1H3,(H2,13,15)(H,14,16). The molecular formula is C11H13BrN2O2. The maximum absolute atomic E-state index is 11.4. The molecule has 2 amide bonds. The van der Waals surface area contributed by atoms with E-state index in [1.807, 2.05) is 25.1 Å². The highest BCUT2D eigenvalue weighted by Crippen LogP contribution is 2.23. The molecule has 0 unspecified atom stereocenters. The zero-order valence-electron chi connectivity index (χ0n) is 8.92. The first-order valence-electron chi connectivity index (χ1n) is 4.83. The minimum Gasteiger partial charge on any atom is -0.370 e. The van der Waals surface area contributed by atoms with E-state index in [1.165, 1.54) is 0 Å². The summed E-state index contributed by atoms with van der Waals surface area (Å²) in [6, 6.07) is 5.61. The maximum atomic E-state index is 11.4. The summed E-state index contributed by atoms with van der Waals surface area (Å²) in [4.78, 5) is 21.9. The number of carbonyl (C=O) groups is 2. The molecule has 86 valence electrons. The fourth-order valence-electron chi connectivity index (χ4n) is 1.17. The van der Waals surface area contributed by atoms with Gasteiger partial charge in [-0.15, -0.1) is 0 Å². The minimum atomic E-state index is -0.474. The van der Waals surface area contributed by atoms with E-state index >= 15 is 0 Å². The molecule has 3 N–H and O–H groups in total. The lowest BCUT2D eigenvalue weighted by Crippen LogP contribution is -2.17. The van der Waals surface area contributed by atoms with Crippen molar-refractivity contribution in [1.29, 1.82) is 0 Å². The number of aryl methyl sites for hydroxylation is 1. The van der Waals surface area contributed by atoms with Crippen LogP contribution in [0.4, 0.5) is 5.69 Å². The molecule has 0 spiro atoms. The van der Waals surface area contributed by atoms with Gasteiger partial charge in [0.15, 0.2) is 0 Å². The van der Waals surface area contributed by atoms with Crippen LogP contribution in [0, 0.1) is 6.92 Å². The predicted molar refractivity (Wildman–Crippen MR) is 65.9 cm³/mol. The van der Waals surface area contributed by atoms with Crippen LogP contribution in [0.25, 0.3) is 0 Å². The lowest BCUT2D eigenvalue weighted by molar-refractivity contribution is -0.122. The number of halogens is 1. The van der Waals surface area contributed by atoms with Crippen LogP contribution in [0.2, 0.25) is 0 Å². The highest BCUT2D eigenvalue weighted by atomic mass is 79.9. The summed E-state index contributed by atoms with van der Waals surface area (Å²) in [5, 5.41) is 2.70. The summed E-state index contributed by atoms with van der Waals surface area (Å²) in [7, 11) is 0. The Hall–Kier alpha value is -1.36. The third kappa shape index (κ3) is 4.02. The third-order valence-corrected chi connectivity index (χ3v) is 2.65. The second-order valence-corrected chi connectivity index (χ2v) is 4.35. The van der Waals surface area contributed by atoms with Gasteiger partial charge in [-0.25, -0.2) is 0 Å². The third-order valence-electron chi connectivity index (χ3n) is 2.00. The van der Waals surface area contributed by atoms with Crippen LogP contribution < -0.4 is 11.1 Å². The molecular weight excluding hydrogens is 272 g/mol. The van der Waals surface area contributed by atoms with Gasteiger partial charge in [-0.05, 0) is 40.5 Å². The molecule has 0 heterocycles. The zero-order chi connectivity index (χ0) is 12.1. The van der Waals surface area contributed by atoms with Crippen LogP contribution in [-0.4, -0.2) is 11.8 Å². The van der Waals surface area contributed by atoms with E-state index in [0.717, 1.165) is 10.0 Å². The van der Waals surface area contributed by atoms with E-state index < -0.39 is 5.91 Å². The molecule has 0 aliphatic heterocycles. The number of hydrogen-bond donors (Lipinski definition) is 2. The van der Waals surface area contributed by atoms with E-state index in [9.17, 15) is 9.59 Å². The van der Waals surface area contributed by atoms with Gasteiger partial charge in [-0.1, -0.05) is 6.07 Å². The Morgan fingerprint density at radius 1 is 1.38 bits per heavy atom. The van der Waals surface area contributed by atoms with Gasteiger partial charge in [0.2, 0.25) is 11.8 Å². The van der Waals surface area contributed by atoms with Crippen molar-refractivity contribution in [2.24, 2.45) is 5.73 Å². The molecule has 0 aliphatic rings. The van der Waals surface area contributed by atoms with Gasteiger partial charge < -0.3 is 11.1 Å². The van der Waals surface area contributed by atoms with E-state index in [0.29, 0.717) is 5.69 Å². The average Bonchev–Trinajstić information content (AvgIpc) is 2.19. The molecule has 4 nitrogen and oxygen atoms in total. The normalized spacial score (nSPS) is 9.88. The van der Waals surface area contributed by atoms with Crippen LogP contribution >= 0.6 is 15.9 Å². The molecule has 0 atom stereocenters. The molecule has 0 aliphatic carbocycles. The van der Waals surface area contributed by atoms with Crippen LogP contribution in [0.3, 0.4) is 0 Å². The van der Waals surface area contributed by atoms with Gasteiger partial charge in [0, 0.05) is 17.3 Å². The summed E-state index contributed by atoms with van der Waals surface area (Å²) >= 11 is 3.35. The van der Waals surface area contributed by atoms with E-state index in [2.05, 4.69) is 21.2 Å². The second kappa shape index (κ2) is 5.65. The summed E-state index contributed by atoms with van der Waals surface area (Å²) in [5.74, 6) is -0.693. The lowest BCUT2D eigenvalue weighted by Gasteiger charge is -2.07. The fourth-order valence-corrected chi connectivity index (χ4v) is 1.76. The number of hydrogen-bond acceptors (Lipinski definition) is 2. The molecule has 0 fully saturated rings. The van der Waals surface area contributed by atoms with Crippen molar-refractivity contribution < 1.29 is 9.59 Å². The number of rotatable bonds is 4. The molecule has 0 aromatic heterocycles. The quantitative estimate of drug-likeness (QED) is 0.887. The molecule has 16 heavy (non-hydrogen) atoms. The topological polar surface area (TPSA) is 72.2 Å². The van der Waals surface area contributed by atoms with E-state index in [-0.39, 0.29) is 18.7 Å². The van der Waals surface area contributed by atoms with Crippen molar-refractivity contribution in [2.75, 3.05) is 5.32 Å². The largest absolute Gasteiger partial charge is 0.370 e. The Balaban J connectivity index is 2.59. The van der Waals surface area contributed by atoms with Gasteiger partial charge in [-0.3, -0.25) is 9.59 Å². The number of nitrogens with one attached hydrogen (secondary N) is 1. The van der Waals surface area contributed by atoms with Crippen LogP contribution in [0.1, 0.15) is 18.4 Å². The summed E-state index contributed by atoms with van der Waals surface area (Å²) < 4.78 is 0.819. The number of anilines is 1. The number of amides is 2. The smallest absolute Gasteiger partial charge is 0.224 e. The first-order chi connectivity index (χ1) is 7.49. The summed E-state index contributed by atoms with van der Waals surface area (Å²) in [5.41, 5.74) is 6.75. The Morgan fingerprint density at radius 2 is 2.06 bits per heavy atom. The molecule has 5 heteroatoms. The van der Waals surface area contributed by atoms with Crippen molar-refractivity contribution in [3.05, 3.63) is 28.2 Å². The lowest BCUT2D eigenvalue weighted by atomic mass is 10.2. The molecule has 1 aromatic rings. The molecule has 0 radical (unpaired) electrons. The van der Waals surface area contributed by atoms with Gasteiger partial charge in [0.25, 0.3) is 0 Å². The number of benzene rings is 1. The maximum Gasteiger partial charge on any atom is 0.224 e. The Labute approximate surface area is 102 Å². The monoisotopic (exact) mass is 284 g/mol. The first-order valence-corrected chi connectivity index (χ1v) is 5.62. The summed E-state index contributed by atoms with van der Waals surface area (Å²) in [6.45, 7) is 1.96. The molecule has 0 saturated carbocycles. The Morgan fingerprint density at radius 3 is 2.62 bits per heavy atom. The number of nitrogens with two attached hydrogens (primary N) is 1. The Kier molecular flexibility index (Phi) is 4.49. The van der Waals surface area contributed by atoms with Gasteiger partial charge >= 0.3 is 0 Å². The van der Waals surface area contributed by atoms with Gasteiger partial charge in [0.1, 0.15) is 0 Å². The van der Waals surface area contributed by atoms with Crippen LogP contribution in [0.5, 0.6) is 0 Å². The van der Waals surface area contributed by atoms with Crippen molar-refractivity contribution in [2.45, 2.75) is 19.8 Å². The number of primary amides is 1. The van der Waals surface area contributed by atoms with Crippen molar-refractivity contribution in [3.63, 3.8) is 0 Å². The Bertz CT molecular complexity index is 418. The van der Waals surface area contributed by atoms with Gasteiger partial charge in [-0.2, -0.15) is 0 Å². The highest BCUT2D eigenvalue weighted by Gasteiger charge is 2.06. The summed E-state index contributed by atoms with van der Waals surface area (Å²) in [6.07, 6.45) is 0.172. The molecule has 0 bridgehead atoms. The molecule has 1 rings (SSSR count). The fraction of sp³-hybridized carbons (Fsp3) is 0.273. The number of carbonyl (C=O) groups excluding carboxylic acids is 2. The molecule has 1 aromatic carbocycles. The van der Waals surface area contributed by atoms with E-state index in [4.69, 9.17) is 5.73 Å². The second-order valence-electron chi connectivity index (χ2n) is 3.50. The average molecular weight is 285 g/mol.